The predicted octanol–water partition coefficient (Wildman–Crippen LogP) is -0.101. The average molecular weight is 285 g/mol. The number of hydrogen-bond acceptors (Lipinski definition) is 4. The molecule has 1 aromatic carbocycles. The zero-order valence-corrected chi connectivity index (χ0v) is 11.2. The molecule has 3 rings (SSSR count). The SMILES string of the molecule is O=C1CNC(C(=O)Nc2ccccc2-n2ccnc2)CN1. The number of aromatic nitrogens is 2. The third kappa shape index (κ3) is 2.92. The highest BCUT2D eigenvalue weighted by Crippen LogP contribution is 2.19. The number of rotatable bonds is 3. The lowest BCUT2D eigenvalue weighted by molar-refractivity contribution is -0.124. The summed E-state index contributed by atoms with van der Waals surface area (Å²) in [4.78, 5) is 27.3. The Bertz CT molecular complexity index is 643. The van der Waals surface area contributed by atoms with E-state index in [4.69, 9.17) is 0 Å². The molecule has 1 fully saturated rings. The van der Waals surface area contributed by atoms with Crippen molar-refractivity contribution in [2.45, 2.75) is 6.04 Å². The van der Waals surface area contributed by atoms with Gasteiger partial charge in [-0.15, -0.1) is 0 Å². The van der Waals surface area contributed by atoms with Crippen molar-refractivity contribution in [2.24, 2.45) is 0 Å². The number of imidazole rings is 1. The van der Waals surface area contributed by atoms with Gasteiger partial charge in [-0.25, -0.2) is 4.98 Å². The highest BCUT2D eigenvalue weighted by atomic mass is 16.2. The molecule has 7 heteroatoms. The zero-order valence-electron chi connectivity index (χ0n) is 11.2. The second-order valence-electron chi connectivity index (χ2n) is 4.71. The van der Waals surface area contributed by atoms with Gasteiger partial charge in [0.05, 0.1) is 24.2 Å². The highest BCUT2D eigenvalue weighted by molar-refractivity contribution is 5.98. The van der Waals surface area contributed by atoms with Crippen molar-refractivity contribution in [3.63, 3.8) is 0 Å². The van der Waals surface area contributed by atoms with Crippen molar-refractivity contribution >= 4 is 17.5 Å². The standard InChI is InChI=1S/C14H15N5O2/c20-13-8-16-11(7-17-13)14(21)18-10-3-1-2-4-12(10)19-6-5-15-9-19/h1-6,9,11,16H,7-8H2,(H,17,20)(H,18,21). The summed E-state index contributed by atoms with van der Waals surface area (Å²) in [7, 11) is 0. The molecule has 0 saturated carbocycles. The predicted molar refractivity (Wildman–Crippen MR) is 77.0 cm³/mol. The lowest BCUT2D eigenvalue weighted by Crippen LogP contribution is -2.56. The molecule has 2 amide bonds. The van der Waals surface area contributed by atoms with Gasteiger partial charge in [0.2, 0.25) is 11.8 Å². The Kier molecular flexibility index (Phi) is 3.65. The molecule has 2 aromatic rings. The van der Waals surface area contributed by atoms with E-state index in [1.54, 1.807) is 12.5 Å². The number of nitrogens with one attached hydrogen (secondary N) is 3. The maximum absolute atomic E-state index is 12.2. The number of nitrogens with zero attached hydrogens (tertiary/aromatic N) is 2. The van der Waals surface area contributed by atoms with Crippen molar-refractivity contribution in [1.82, 2.24) is 20.2 Å². The molecule has 1 aliphatic heterocycles. The van der Waals surface area contributed by atoms with Crippen LogP contribution in [-0.4, -0.2) is 40.5 Å². The van der Waals surface area contributed by atoms with Crippen molar-refractivity contribution in [1.29, 1.82) is 0 Å². The molecule has 0 radical (unpaired) electrons. The van der Waals surface area contributed by atoms with Crippen LogP contribution in [-0.2, 0) is 9.59 Å². The minimum atomic E-state index is -0.432. The fourth-order valence-corrected chi connectivity index (χ4v) is 2.18. The molecule has 1 atom stereocenters. The van der Waals surface area contributed by atoms with E-state index in [0.717, 1.165) is 5.69 Å². The lowest BCUT2D eigenvalue weighted by Gasteiger charge is -2.23. The van der Waals surface area contributed by atoms with Crippen molar-refractivity contribution in [3.8, 4) is 5.69 Å². The second kappa shape index (κ2) is 5.76. The van der Waals surface area contributed by atoms with Gasteiger partial charge in [0.15, 0.2) is 0 Å². The first-order chi connectivity index (χ1) is 10.2. The normalized spacial score (nSPS) is 18.1. The summed E-state index contributed by atoms with van der Waals surface area (Å²) in [6.45, 7) is 0.444. The first kappa shape index (κ1) is 13.3. The van der Waals surface area contributed by atoms with Gasteiger partial charge in [-0.3, -0.25) is 14.9 Å². The number of piperazine rings is 1. The van der Waals surface area contributed by atoms with Crippen molar-refractivity contribution in [3.05, 3.63) is 43.0 Å². The molecule has 1 unspecified atom stereocenters. The summed E-state index contributed by atoms with van der Waals surface area (Å²) < 4.78 is 1.83. The smallest absolute Gasteiger partial charge is 0.243 e. The number of para-hydroxylation sites is 2. The molecule has 2 heterocycles. The average Bonchev–Trinajstić information content (AvgIpc) is 3.02. The van der Waals surface area contributed by atoms with Crippen LogP contribution >= 0.6 is 0 Å². The Morgan fingerprint density at radius 2 is 2.24 bits per heavy atom. The third-order valence-corrected chi connectivity index (χ3v) is 3.27. The van der Waals surface area contributed by atoms with Crippen molar-refractivity contribution in [2.75, 3.05) is 18.4 Å². The summed E-state index contributed by atoms with van der Waals surface area (Å²) in [6.07, 6.45) is 5.16. The number of benzene rings is 1. The summed E-state index contributed by atoms with van der Waals surface area (Å²) in [5.41, 5.74) is 1.53. The van der Waals surface area contributed by atoms with E-state index >= 15 is 0 Å². The van der Waals surface area contributed by atoms with Crippen LogP contribution in [0.1, 0.15) is 0 Å². The Morgan fingerprint density at radius 3 is 2.95 bits per heavy atom. The van der Waals surface area contributed by atoms with E-state index in [1.165, 1.54) is 0 Å². The zero-order chi connectivity index (χ0) is 14.7. The van der Waals surface area contributed by atoms with Crippen LogP contribution in [0.5, 0.6) is 0 Å². The molecule has 1 saturated heterocycles. The van der Waals surface area contributed by atoms with Crippen molar-refractivity contribution < 1.29 is 9.59 Å². The maximum atomic E-state index is 12.2. The minimum absolute atomic E-state index is 0.0992. The van der Waals surface area contributed by atoms with E-state index < -0.39 is 6.04 Å². The summed E-state index contributed by atoms with van der Waals surface area (Å²) >= 11 is 0. The molecule has 1 aliphatic rings. The van der Waals surface area contributed by atoms with Crippen LogP contribution < -0.4 is 16.0 Å². The van der Waals surface area contributed by atoms with Crippen LogP contribution in [0.15, 0.2) is 43.0 Å². The van der Waals surface area contributed by atoms with Gasteiger partial charge >= 0.3 is 0 Å². The van der Waals surface area contributed by atoms with Gasteiger partial charge in [0.1, 0.15) is 6.04 Å². The van der Waals surface area contributed by atoms with Gasteiger partial charge in [0.25, 0.3) is 0 Å². The molecular formula is C14H15N5O2. The molecular weight excluding hydrogens is 270 g/mol. The molecule has 21 heavy (non-hydrogen) atoms. The monoisotopic (exact) mass is 285 g/mol. The summed E-state index contributed by atoms with van der Waals surface area (Å²) in [5.74, 6) is -0.277. The van der Waals surface area contributed by atoms with E-state index in [1.807, 2.05) is 35.0 Å². The minimum Gasteiger partial charge on any atom is -0.353 e. The topological polar surface area (TPSA) is 88.1 Å². The molecule has 108 valence electrons. The maximum Gasteiger partial charge on any atom is 0.243 e. The van der Waals surface area contributed by atoms with Gasteiger partial charge in [-0.05, 0) is 12.1 Å². The number of hydrogen-bond donors (Lipinski definition) is 3. The highest BCUT2D eigenvalue weighted by Gasteiger charge is 2.24. The summed E-state index contributed by atoms with van der Waals surface area (Å²) in [6, 6.07) is 7.04. The first-order valence-electron chi connectivity index (χ1n) is 6.62. The van der Waals surface area contributed by atoms with Gasteiger partial charge in [-0.2, -0.15) is 0 Å². The molecule has 0 bridgehead atoms. The molecule has 3 N–H and O–H groups in total. The molecule has 0 aliphatic carbocycles. The quantitative estimate of drug-likeness (QED) is 0.735. The number of carbonyl (C=O) groups excluding carboxylic acids is 2. The van der Waals surface area contributed by atoms with Crippen LogP contribution in [0.25, 0.3) is 5.69 Å². The first-order valence-corrected chi connectivity index (χ1v) is 6.62. The number of carbonyl (C=O) groups is 2. The fraction of sp³-hybridized carbons (Fsp3) is 0.214. The third-order valence-electron chi connectivity index (χ3n) is 3.27. The van der Waals surface area contributed by atoms with Crippen LogP contribution in [0.4, 0.5) is 5.69 Å². The Balaban J connectivity index is 1.76. The van der Waals surface area contributed by atoms with E-state index in [9.17, 15) is 9.59 Å². The lowest BCUT2D eigenvalue weighted by atomic mass is 10.2. The number of amides is 2. The molecule has 0 spiro atoms. The van der Waals surface area contributed by atoms with Crippen LogP contribution in [0, 0.1) is 0 Å². The Labute approximate surface area is 121 Å². The largest absolute Gasteiger partial charge is 0.353 e. The molecule has 1 aromatic heterocycles. The van der Waals surface area contributed by atoms with E-state index in [2.05, 4.69) is 20.9 Å². The van der Waals surface area contributed by atoms with Gasteiger partial charge in [0, 0.05) is 18.9 Å². The van der Waals surface area contributed by atoms with E-state index in [0.29, 0.717) is 5.69 Å². The van der Waals surface area contributed by atoms with E-state index in [-0.39, 0.29) is 24.9 Å². The second-order valence-corrected chi connectivity index (χ2v) is 4.71. The number of anilines is 1. The molecule has 7 nitrogen and oxygen atoms in total. The Hall–Kier alpha value is -2.67. The Morgan fingerprint density at radius 1 is 1.38 bits per heavy atom. The van der Waals surface area contributed by atoms with Crippen LogP contribution in [0.3, 0.4) is 0 Å². The summed E-state index contributed by atoms with van der Waals surface area (Å²) in [5, 5.41) is 8.45. The fourth-order valence-electron chi connectivity index (χ4n) is 2.18. The van der Waals surface area contributed by atoms with Gasteiger partial charge in [-0.1, -0.05) is 12.1 Å². The van der Waals surface area contributed by atoms with Crippen LogP contribution in [0.2, 0.25) is 0 Å². The van der Waals surface area contributed by atoms with Gasteiger partial charge < -0.3 is 15.2 Å².